The molecule has 7 nitrogen and oxygen atoms in total. The highest BCUT2D eigenvalue weighted by atomic mass is 16.6. The Kier molecular flexibility index (Phi) is 3.23. The Morgan fingerprint density at radius 3 is 2.56 bits per heavy atom. The van der Waals surface area contributed by atoms with Gasteiger partial charge in [-0.25, -0.2) is 0 Å². The van der Waals surface area contributed by atoms with E-state index in [1.54, 1.807) is 4.90 Å². The summed E-state index contributed by atoms with van der Waals surface area (Å²) in [4.78, 5) is 35.1. The van der Waals surface area contributed by atoms with Crippen LogP contribution in [-0.4, -0.2) is 40.3 Å². The van der Waals surface area contributed by atoms with E-state index in [0.717, 1.165) is 6.42 Å². The number of carbonyl (C=O) groups is 2. The average molecular weight is 255 g/mol. The zero-order valence-corrected chi connectivity index (χ0v) is 10.2. The van der Waals surface area contributed by atoms with Crippen molar-refractivity contribution in [2.24, 2.45) is 17.6 Å². The molecule has 1 aliphatic carbocycles. The smallest absolute Gasteiger partial charge is 0.233 e. The fourth-order valence-electron chi connectivity index (χ4n) is 2.54. The first kappa shape index (κ1) is 12.8. The third-order valence-corrected chi connectivity index (χ3v) is 3.91. The Hall–Kier alpha value is -1.66. The van der Waals surface area contributed by atoms with E-state index < -0.39 is 22.8 Å². The number of hydrogen-bond acceptors (Lipinski definition) is 4. The first-order valence-electron chi connectivity index (χ1n) is 6.15. The summed E-state index contributed by atoms with van der Waals surface area (Å²) in [6.07, 6.45) is 1.72. The average Bonchev–Trinajstić information content (AvgIpc) is 3.08. The lowest BCUT2D eigenvalue weighted by Crippen LogP contribution is -2.49. The molecule has 0 aromatic heterocycles. The first-order chi connectivity index (χ1) is 8.41. The molecule has 0 bridgehead atoms. The summed E-state index contributed by atoms with van der Waals surface area (Å²) < 4.78 is 0. The second kappa shape index (κ2) is 4.55. The number of hydrogen-bond donors (Lipinski definition) is 1. The minimum atomic E-state index is -0.737. The lowest BCUT2D eigenvalue weighted by atomic mass is 9.92. The maximum absolute atomic E-state index is 12.1. The van der Waals surface area contributed by atoms with Crippen LogP contribution in [0.4, 0.5) is 0 Å². The maximum Gasteiger partial charge on any atom is 0.233 e. The number of carbonyl (C=O) groups excluding carboxylic acids is 2. The molecule has 4 atom stereocenters. The highest BCUT2D eigenvalue weighted by molar-refractivity contribution is 5.84. The lowest BCUT2D eigenvalue weighted by molar-refractivity contribution is -0.497. The third-order valence-electron chi connectivity index (χ3n) is 3.91. The molecular formula is C11H17N3O4. The summed E-state index contributed by atoms with van der Waals surface area (Å²) in [6, 6.07) is -0.709. The highest BCUT2D eigenvalue weighted by Gasteiger charge is 2.55. The minimum Gasteiger partial charge on any atom is -0.369 e. The number of nitro groups is 1. The largest absolute Gasteiger partial charge is 0.369 e. The molecule has 2 aliphatic rings. The number of nitrogens with two attached hydrogens (primary N) is 1. The van der Waals surface area contributed by atoms with Crippen molar-refractivity contribution in [3.8, 4) is 0 Å². The molecule has 1 saturated heterocycles. The van der Waals surface area contributed by atoms with E-state index in [-0.39, 0.29) is 17.9 Å². The zero-order chi connectivity index (χ0) is 13.4. The van der Waals surface area contributed by atoms with Crippen molar-refractivity contribution in [1.29, 1.82) is 0 Å². The second-order valence-corrected chi connectivity index (χ2v) is 5.21. The van der Waals surface area contributed by atoms with Gasteiger partial charge in [-0.15, -0.1) is 0 Å². The van der Waals surface area contributed by atoms with Crippen LogP contribution in [0.3, 0.4) is 0 Å². The van der Waals surface area contributed by atoms with E-state index in [1.807, 2.05) is 6.92 Å². The van der Waals surface area contributed by atoms with Crippen molar-refractivity contribution in [3.05, 3.63) is 10.1 Å². The molecule has 0 aromatic carbocycles. The zero-order valence-electron chi connectivity index (χ0n) is 10.2. The van der Waals surface area contributed by atoms with Crippen molar-refractivity contribution < 1.29 is 14.5 Å². The summed E-state index contributed by atoms with van der Waals surface area (Å²) in [5, 5.41) is 10.6. The van der Waals surface area contributed by atoms with E-state index in [4.69, 9.17) is 5.73 Å². The molecule has 100 valence electrons. The van der Waals surface area contributed by atoms with Gasteiger partial charge in [-0.3, -0.25) is 19.7 Å². The van der Waals surface area contributed by atoms with Crippen LogP contribution in [0.2, 0.25) is 0 Å². The Morgan fingerprint density at radius 2 is 2.06 bits per heavy atom. The predicted octanol–water partition coefficient (Wildman–Crippen LogP) is -0.236. The number of amides is 2. The van der Waals surface area contributed by atoms with Gasteiger partial charge in [0.25, 0.3) is 0 Å². The van der Waals surface area contributed by atoms with Gasteiger partial charge in [0.05, 0.1) is 5.92 Å². The quantitative estimate of drug-likeness (QED) is 0.555. The molecule has 2 fully saturated rings. The van der Waals surface area contributed by atoms with Crippen LogP contribution >= 0.6 is 0 Å². The lowest BCUT2D eigenvalue weighted by Gasteiger charge is -2.36. The first-order valence-corrected chi connectivity index (χ1v) is 6.15. The Bertz CT molecular complexity index is 398. The van der Waals surface area contributed by atoms with Gasteiger partial charge in [0, 0.05) is 23.9 Å². The third kappa shape index (κ3) is 2.30. The van der Waals surface area contributed by atoms with Gasteiger partial charge >= 0.3 is 0 Å². The molecule has 2 amide bonds. The van der Waals surface area contributed by atoms with Crippen LogP contribution in [0, 0.1) is 22.0 Å². The van der Waals surface area contributed by atoms with Crippen LogP contribution in [0.15, 0.2) is 0 Å². The van der Waals surface area contributed by atoms with Gasteiger partial charge in [0.2, 0.25) is 17.9 Å². The fourth-order valence-corrected chi connectivity index (χ4v) is 2.54. The van der Waals surface area contributed by atoms with E-state index in [0.29, 0.717) is 19.4 Å². The minimum absolute atomic E-state index is 0.0288. The molecule has 1 saturated carbocycles. The van der Waals surface area contributed by atoms with Crippen LogP contribution in [0.5, 0.6) is 0 Å². The van der Waals surface area contributed by atoms with E-state index in [2.05, 4.69) is 0 Å². The number of likely N-dealkylation sites (tertiary alicyclic amines) is 1. The van der Waals surface area contributed by atoms with Gasteiger partial charge < -0.3 is 10.6 Å². The topological polar surface area (TPSA) is 107 Å². The summed E-state index contributed by atoms with van der Waals surface area (Å²) in [7, 11) is 0. The normalized spacial score (nSPS) is 35.1. The maximum atomic E-state index is 12.1. The number of piperidine rings is 1. The van der Waals surface area contributed by atoms with Crippen LogP contribution < -0.4 is 5.73 Å². The van der Waals surface area contributed by atoms with Crippen LogP contribution in [0.25, 0.3) is 0 Å². The SMILES string of the molecule is C[C@@H]1CC[C@H](C(N)=O)CN1C(=O)[C@H]1C[C@@H]1[N+](=O)[O-]. The molecule has 0 spiro atoms. The Labute approximate surface area is 104 Å². The predicted molar refractivity (Wildman–Crippen MR) is 62.0 cm³/mol. The molecule has 7 heteroatoms. The molecule has 0 unspecified atom stereocenters. The van der Waals surface area contributed by atoms with Gasteiger partial charge in [-0.2, -0.15) is 0 Å². The summed E-state index contributed by atoms with van der Waals surface area (Å²) >= 11 is 0. The molecule has 2 N–H and O–H groups in total. The van der Waals surface area contributed by atoms with Gasteiger partial charge in [0.1, 0.15) is 5.92 Å². The molecule has 18 heavy (non-hydrogen) atoms. The van der Waals surface area contributed by atoms with Crippen LogP contribution in [-0.2, 0) is 9.59 Å². The van der Waals surface area contributed by atoms with Crippen molar-refractivity contribution >= 4 is 11.8 Å². The summed E-state index contributed by atoms with van der Waals surface area (Å²) in [6.45, 7) is 2.20. The van der Waals surface area contributed by atoms with E-state index >= 15 is 0 Å². The fraction of sp³-hybridized carbons (Fsp3) is 0.818. The molecule has 1 heterocycles. The van der Waals surface area contributed by atoms with Crippen molar-refractivity contribution in [3.63, 3.8) is 0 Å². The van der Waals surface area contributed by atoms with Gasteiger partial charge in [-0.05, 0) is 19.8 Å². The number of rotatable bonds is 3. The molecule has 0 radical (unpaired) electrons. The Morgan fingerprint density at radius 1 is 1.39 bits per heavy atom. The molecule has 1 aliphatic heterocycles. The summed E-state index contributed by atoms with van der Waals surface area (Å²) in [5.74, 6) is -1.43. The number of nitrogens with zero attached hydrogens (tertiary/aromatic N) is 2. The highest BCUT2D eigenvalue weighted by Crippen LogP contribution is 2.36. The number of primary amides is 1. The second-order valence-electron chi connectivity index (χ2n) is 5.21. The standard InChI is InChI=1S/C11H17N3O4/c1-6-2-3-7(10(12)15)5-13(6)11(16)8-4-9(8)14(17)18/h6-9H,2-5H2,1H3,(H2,12,15)/t6-,7+,8+,9+/m1/s1. The molecule has 0 aromatic rings. The molecule has 2 rings (SSSR count). The van der Waals surface area contributed by atoms with Crippen molar-refractivity contribution in [2.45, 2.75) is 38.3 Å². The van der Waals surface area contributed by atoms with E-state index in [9.17, 15) is 19.7 Å². The van der Waals surface area contributed by atoms with Crippen molar-refractivity contribution in [1.82, 2.24) is 4.90 Å². The summed E-state index contributed by atoms with van der Waals surface area (Å²) in [5.41, 5.74) is 5.26. The van der Waals surface area contributed by atoms with Gasteiger partial charge in [0.15, 0.2) is 0 Å². The van der Waals surface area contributed by atoms with E-state index in [1.165, 1.54) is 0 Å². The van der Waals surface area contributed by atoms with Gasteiger partial charge in [-0.1, -0.05) is 0 Å². The van der Waals surface area contributed by atoms with Crippen molar-refractivity contribution in [2.75, 3.05) is 6.54 Å². The monoisotopic (exact) mass is 255 g/mol. The Balaban J connectivity index is 2.00. The van der Waals surface area contributed by atoms with Crippen LogP contribution in [0.1, 0.15) is 26.2 Å². The molecular weight excluding hydrogens is 238 g/mol.